The lowest BCUT2D eigenvalue weighted by Crippen LogP contribution is -2.39. The molecule has 2 heterocycles. The van der Waals surface area contributed by atoms with Crippen LogP contribution in [0.5, 0.6) is 0 Å². The van der Waals surface area contributed by atoms with E-state index in [4.69, 9.17) is 0 Å². The number of nitrogens with zero attached hydrogens (tertiary/aromatic N) is 1. The molecule has 0 radical (unpaired) electrons. The molecule has 2 rings (SSSR count). The van der Waals surface area contributed by atoms with Gasteiger partial charge in [-0.1, -0.05) is 6.07 Å². The number of nitrogens with one attached hydrogen (secondary N) is 1. The number of hydrogen-bond donors (Lipinski definition) is 1. The third-order valence-corrected chi connectivity index (χ3v) is 4.25. The van der Waals surface area contributed by atoms with Crippen LogP contribution in [-0.4, -0.2) is 30.0 Å². The fraction of sp³-hybridized carbons (Fsp3) is 0.250. The lowest BCUT2D eigenvalue weighted by Gasteiger charge is -2.09. The molecule has 7 heteroatoms. The van der Waals surface area contributed by atoms with E-state index in [1.165, 1.54) is 18.4 Å². The fourth-order valence-electron chi connectivity index (χ4n) is 1.40. The van der Waals surface area contributed by atoms with Crippen LogP contribution in [0.25, 0.3) is 9.88 Å². The van der Waals surface area contributed by atoms with Crippen molar-refractivity contribution >= 4 is 34.6 Å². The van der Waals surface area contributed by atoms with E-state index in [0.29, 0.717) is 5.69 Å². The maximum absolute atomic E-state index is 11.9. The van der Waals surface area contributed by atoms with Crippen LogP contribution in [0.4, 0.5) is 0 Å². The molecule has 0 aromatic carbocycles. The highest BCUT2D eigenvalue weighted by molar-refractivity contribution is 7.20. The summed E-state index contributed by atoms with van der Waals surface area (Å²) in [6.45, 7) is 1.57. The van der Waals surface area contributed by atoms with E-state index in [0.717, 1.165) is 9.88 Å². The highest BCUT2D eigenvalue weighted by atomic mass is 32.1. The van der Waals surface area contributed by atoms with Crippen molar-refractivity contribution in [3.8, 4) is 9.88 Å². The first-order valence-corrected chi connectivity index (χ1v) is 7.26. The Morgan fingerprint density at radius 2 is 2.21 bits per heavy atom. The number of hydrogen-bond acceptors (Lipinski definition) is 6. The Morgan fingerprint density at radius 1 is 1.42 bits per heavy atom. The third kappa shape index (κ3) is 3.18. The van der Waals surface area contributed by atoms with Crippen molar-refractivity contribution < 1.29 is 14.3 Å². The van der Waals surface area contributed by atoms with Crippen LogP contribution in [0.1, 0.15) is 17.4 Å². The van der Waals surface area contributed by atoms with Gasteiger partial charge in [-0.2, -0.15) is 0 Å². The largest absolute Gasteiger partial charge is 0.467 e. The summed E-state index contributed by atoms with van der Waals surface area (Å²) in [6, 6.07) is 3.19. The predicted molar refractivity (Wildman–Crippen MR) is 74.4 cm³/mol. The normalized spacial score (nSPS) is 11.9. The van der Waals surface area contributed by atoms with Gasteiger partial charge < -0.3 is 10.1 Å². The zero-order valence-corrected chi connectivity index (χ0v) is 12.0. The molecular weight excluding hydrogens is 284 g/mol. The van der Waals surface area contributed by atoms with Crippen LogP contribution < -0.4 is 5.32 Å². The quantitative estimate of drug-likeness (QED) is 0.878. The highest BCUT2D eigenvalue weighted by Gasteiger charge is 2.19. The molecule has 5 nitrogen and oxygen atoms in total. The number of ether oxygens (including phenoxy) is 1. The van der Waals surface area contributed by atoms with Crippen molar-refractivity contribution in [3.05, 3.63) is 28.6 Å². The van der Waals surface area contributed by atoms with Gasteiger partial charge >= 0.3 is 5.97 Å². The minimum atomic E-state index is -0.690. The molecule has 0 bridgehead atoms. The van der Waals surface area contributed by atoms with Crippen molar-refractivity contribution in [1.29, 1.82) is 0 Å². The smallest absolute Gasteiger partial charge is 0.328 e. The Hall–Kier alpha value is -1.73. The molecule has 0 saturated carbocycles. The summed E-state index contributed by atoms with van der Waals surface area (Å²) in [5.41, 5.74) is 0.309. The van der Waals surface area contributed by atoms with Crippen LogP contribution in [0, 0.1) is 0 Å². The third-order valence-electron chi connectivity index (χ3n) is 2.37. The van der Waals surface area contributed by atoms with Gasteiger partial charge in [0, 0.05) is 5.38 Å². The molecule has 1 N–H and O–H groups in total. The van der Waals surface area contributed by atoms with E-state index in [2.05, 4.69) is 15.0 Å². The minimum absolute atomic E-state index is 0.309. The lowest BCUT2D eigenvalue weighted by atomic mass is 10.3. The Labute approximate surface area is 118 Å². The maximum Gasteiger partial charge on any atom is 0.328 e. The van der Waals surface area contributed by atoms with E-state index in [1.54, 1.807) is 23.6 Å². The molecule has 0 aliphatic rings. The average Bonchev–Trinajstić information content (AvgIpc) is 3.07. The summed E-state index contributed by atoms with van der Waals surface area (Å²) < 4.78 is 4.54. The Bertz CT molecular complexity index is 578. The topological polar surface area (TPSA) is 68.3 Å². The monoisotopic (exact) mass is 296 g/mol. The molecule has 1 amide bonds. The van der Waals surface area contributed by atoms with Crippen molar-refractivity contribution in [2.24, 2.45) is 0 Å². The first-order chi connectivity index (χ1) is 9.11. The van der Waals surface area contributed by atoms with Crippen LogP contribution in [0.3, 0.4) is 0 Å². The summed E-state index contributed by atoms with van der Waals surface area (Å²) in [7, 11) is 1.28. The van der Waals surface area contributed by atoms with Gasteiger partial charge in [-0.15, -0.1) is 22.7 Å². The van der Waals surface area contributed by atoms with E-state index >= 15 is 0 Å². The molecule has 2 aromatic rings. The molecular formula is C12H12N2O3S2. The molecule has 0 spiro atoms. The summed E-state index contributed by atoms with van der Waals surface area (Å²) >= 11 is 2.96. The van der Waals surface area contributed by atoms with E-state index in [-0.39, 0.29) is 5.91 Å². The number of carbonyl (C=O) groups is 2. The minimum Gasteiger partial charge on any atom is -0.467 e. The fourth-order valence-corrected chi connectivity index (χ4v) is 3.01. The molecule has 0 aliphatic carbocycles. The first-order valence-electron chi connectivity index (χ1n) is 5.50. The van der Waals surface area contributed by atoms with Crippen molar-refractivity contribution in [2.75, 3.05) is 7.11 Å². The summed E-state index contributed by atoms with van der Waals surface area (Å²) in [5, 5.41) is 6.97. The van der Waals surface area contributed by atoms with Gasteiger partial charge in [0.2, 0.25) is 0 Å². The number of methoxy groups -OCH3 is 1. The highest BCUT2D eigenvalue weighted by Crippen LogP contribution is 2.27. The molecule has 0 aliphatic heterocycles. The van der Waals surface area contributed by atoms with Gasteiger partial charge in [0.15, 0.2) is 0 Å². The van der Waals surface area contributed by atoms with Crippen molar-refractivity contribution in [1.82, 2.24) is 10.3 Å². The number of amides is 1. The Balaban J connectivity index is 2.06. The zero-order valence-electron chi connectivity index (χ0n) is 10.4. The second kappa shape index (κ2) is 5.94. The van der Waals surface area contributed by atoms with Crippen molar-refractivity contribution in [2.45, 2.75) is 13.0 Å². The van der Waals surface area contributed by atoms with Crippen molar-refractivity contribution in [3.63, 3.8) is 0 Å². The van der Waals surface area contributed by atoms with E-state index in [9.17, 15) is 9.59 Å². The molecule has 1 atom stereocenters. The number of rotatable bonds is 4. The zero-order chi connectivity index (χ0) is 13.8. The summed E-state index contributed by atoms with van der Waals surface area (Å²) in [5.74, 6) is -0.862. The second-order valence-corrected chi connectivity index (χ2v) is 5.54. The first kappa shape index (κ1) is 13.7. The number of esters is 1. The molecule has 19 heavy (non-hydrogen) atoms. The Kier molecular flexibility index (Phi) is 4.28. The lowest BCUT2D eigenvalue weighted by molar-refractivity contribution is -0.142. The van der Waals surface area contributed by atoms with E-state index < -0.39 is 12.0 Å². The van der Waals surface area contributed by atoms with Crippen LogP contribution in [-0.2, 0) is 9.53 Å². The van der Waals surface area contributed by atoms with Gasteiger partial charge in [-0.3, -0.25) is 4.79 Å². The Morgan fingerprint density at radius 3 is 2.84 bits per heavy atom. The molecule has 0 saturated heterocycles. The average molecular weight is 296 g/mol. The summed E-state index contributed by atoms with van der Waals surface area (Å²) in [6.07, 6.45) is 0. The van der Waals surface area contributed by atoms with Gasteiger partial charge in [-0.05, 0) is 18.4 Å². The number of aromatic nitrogens is 1. The SMILES string of the molecule is COC(=O)C(C)NC(=O)c1csc(-c2cccs2)n1. The van der Waals surface area contributed by atoms with Crippen LogP contribution in [0.2, 0.25) is 0 Å². The van der Waals surface area contributed by atoms with Gasteiger partial charge in [-0.25, -0.2) is 9.78 Å². The number of thiophene rings is 1. The molecule has 100 valence electrons. The number of thiazole rings is 1. The van der Waals surface area contributed by atoms with Gasteiger partial charge in [0.05, 0.1) is 12.0 Å². The second-order valence-electron chi connectivity index (χ2n) is 3.73. The summed E-state index contributed by atoms with van der Waals surface area (Å²) in [4.78, 5) is 28.4. The van der Waals surface area contributed by atoms with Crippen LogP contribution >= 0.6 is 22.7 Å². The maximum atomic E-state index is 11.9. The number of carbonyl (C=O) groups excluding carboxylic acids is 2. The van der Waals surface area contributed by atoms with Crippen LogP contribution in [0.15, 0.2) is 22.9 Å². The predicted octanol–water partition coefficient (Wildman–Crippen LogP) is 2.16. The standard InChI is InChI=1S/C12H12N2O3S2/c1-7(12(16)17-2)13-10(15)8-6-19-11(14-8)9-4-3-5-18-9/h3-7H,1-2H3,(H,13,15). The van der Waals surface area contributed by atoms with E-state index in [1.807, 2.05) is 17.5 Å². The molecule has 0 fully saturated rings. The molecule has 2 aromatic heterocycles. The van der Waals surface area contributed by atoms with Gasteiger partial charge in [0.25, 0.3) is 5.91 Å². The van der Waals surface area contributed by atoms with Gasteiger partial charge in [0.1, 0.15) is 16.7 Å². The molecule has 1 unspecified atom stereocenters.